The van der Waals surface area contributed by atoms with E-state index in [4.69, 9.17) is 27.9 Å². The van der Waals surface area contributed by atoms with Crippen molar-refractivity contribution >= 4 is 46.2 Å². The van der Waals surface area contributed by atoms with Crippen LogP contribution in [0.15, 0.2) is 60.8 Å². The lowest BCUT2D eigenvalue weighted by Crippen LogP contribution is -2.14. The summed E-state index contributed by atoms with van der Waals surface area (Å²) in [5.41, 5.74) is 2.33. The Labute approximate surface area is 160 Å². The van der Waals surface area contributed by atoms with Crippen molar-refractivity contribution in [1.29, 1.82) is 0 Å². The van der Waals surface area contributed by atoms with Crippen LogP contribution >= 0.6 is 23.2 Å². The molecule has 1 amide bonds. The van der Waals surface area contributed by atoms with Gasteiger partial charge in [-0.1, -0.05) is 23.2 Å². The van der Waals surface area contributed by atoms with Gasteiger partial charge in [0, 0.05) is 22.6 Å². The van der Waals surface area contributed by atoms with Gasteiger partial charge in [0.15, 0.2) is 0 Å². The van der Waals surface area contributed by atoms with E-state index >= 15 is 0 Å². The highest BCUT2D eigenvalue weighted by Gasteiger charge is 2.11. The van der Waals surface area contributed by atoms with Gasteiger partial charge in [0.25, 0.3) is 5.91 Å². The third-order valence-electron chi connectivity index (χ3n) is 3.55. The van der Waals surface area contributed by atoms with Crippen molar-refractivity contribution in [1.82, 2.24) is 4.98 Å². The van der Waals surface area contributed by atoms with Crippen molar-refractivity contribution in [2.45, 2.75) is 0 Å². The molecule has 0 radical (unpaired) electrons. The molecule has 0 saturated carbocycles. The number of benzene rings is 2. The summed E-state index contributed by atoms with van der Waals surface area (Å²) in [6, 6.07) is 15.7. The number of hydrogen-bond donors (Lipinski definition) is 2. The Kier molecular flexibility index (Phi) is 5.61. The third-order valence-corrected chi connectivity index (χ3v) is 4.10. The lowest BCUT2D eigenvalue weighted by molar-refractivity contribution is 0.102. The largest absolute Gasteiger partial charge is 0.497 e. The van der Waals surface area contributed by atoms with E-state index in [0.29, 0.717) is 15.7 Å². The van der Waals surface area contributed by atoms with Gasteiger partial charge in [-0.15, -0.1) is 0 Å². The van der Waals surface area contributed by atoms with E-state index in [-0.39, 0.29) is 11.6 Å². The van der Waals surface area contributed by atoms with Crippen LogP contribution in [0, 0.1) is 0 Å². The Bertz CT molecular complexity index is 930. The molecule has 0 aliphatic rings. The molecular weight excluding hydrogens is 373 g/mol. The second-order valence-electron chi connectivity index (χ2n) is 5.36. The lowest BCUT2D eigenvalue weighted by Gasteiger charge is -2.10. The molecule has 2 N–H and O–H groups in total. The van der Waals surface area contributed by atoms with E-state index in [1.165, 1.54) is 0 Å². The maximum atomic E-state index is 12.4. The fourth-order valence-corrected chi connectivity index (χ4v) is 2.71. The first-order chi connectivity index (χ1) is 12.5. The molecule has 0 unspecified atom stereocenters. The van der Waals surface area contributed by atoms with Crippen molar-refractivity contribution in [2.24, 2.45) is 0 Å². The summed E-state index contributed by atoms with van der Waals surface area (Å²) in [6.45, 7) is 0. The fraction of sp³-hybridized carbons (Fsp3) is 0.0526. The van der Waals surface area contributed by atoms with Crippen LogP contribution in [0.2, 0.25) is 10.0 Å². The van der Waals surface area contributed by atoms with Gasteiger partial charge >= 0.3 is 0 Å². The maximum Gasteiger partial charge on any atom is 0.274 e. The van der Waals surface area contributed by atoms with Crippen LogP contribution in [-0.4, -0.2) is 18.0 Å². The molecule has 26 heavy (non-hydrogen) atoms. The molecule has 1 heterocycles. The Morgan fingerprint density at radius 3 is 2.46 bits per heavy atom. The molecule has 0 fully saturated rings. The summed E-state index contributed by atoms with van der Waals surface area (Å²) in [5.74, 6) is 0.401. The Balaban J connectivity index is 1.74. The number of halogens is 2. The van der Waals surface area contributed by atoms with Crippen LogP contribution in [0.4, 0.5) is 17.1 Å². The van der Waals surface area contributed by atoms with Crippen LogP contribution in [0.3, 0.4) is 0 Å². The number of pyridine rings is 1. The SMILES string of the molecule is COc1ccc(Nc2ccnc(C(=O)Nc3ccc(Cl)cc3Cl)c2)cc1. The molecule has 0 aliphatic heterocycles. The summed E-state index contributed by atoms with van der Waals surface area (Å²) >= 11 is 11.9. The highest BCUT2D eigenvalue weighted by atomic mass is 35.5. The van der Waals surface area contributed by atoms with Gasteiger partial charge in [-0.3, -0.25) is 9.78 Å². The number of hydrogen-bond acceptors (Lipinski definition) is 4. The van der Waals surface area contributed by atoms with Crippen molar-refractivity contribution in [3.05, 3.63) is 76.5 Å². The molecule has 1 aromatic heterocycles. The smallest absolute Gasteiger partial charge is 0.274 e. The first kappa shape index (κ1) is 18.0. The van der Waals surface area contributed by atoms with Crippen molar-refractivity contribution in [3.63, 3.8) is 0 Å². The Hall–Kier alpha value is -2.76. The van der Waals surface area contributed by atoms with Crippen molar-refractivity contribution in [2.75, 3.05) is 17.7 Å². The van der Waals surface area contributed by atoms with Crippen LogP contribution in [0.1, 0.15) is 10.5 Å². The predicted molar refractivity (Wildman–Crippen MR) is 105 cm³/mol. The number of rotatable bonds is 5. The van der Waals surface area contributed by atoms with Gasteiger partial charge < -0.3 is 15.4 Å². The molecule has 0 aliphatic carbocycles. The summed E-state index contributed by atoms with van der Waals surface area (Å²) in [6.07, 6.45) is 1.56. The number of carbonyl (C=O) groups is 1. The zero-order valence-electron chi connectivity index (χ0n) is 13.8. The van der Waals surface area contributed by atoms with Crippen LogP contribution in [0.25, 0.3) is 0 Å². The highest BCUT2D eigenvalue weighted by molar-refractivity contribution is 6.36. The second-order valence-corrected chi connectivity index (χ2v) is 6.21. The van der Waals surface area contributed by atoms with E-state index in [9.17, 15) is 4.79 Å². The number of amides is 1. The van der Waals surface area contributed by atoms with Crippen molar-refractivity contribution < 1.29 is 9.53 Å². The number of aromatic nitrogens is 1. The van der Waals surface area contributed by atoms with E-state index < -0.39 is 0 Å². The minimum atomic E-state index is -0.368. The average molecular weight is 388 g/mol. The van der Waals surface area contributed by atoms with Crippen LogP contribution in [0.5, 0.6) is 5.75 Å². The predicted octanol–water partition coefficient (Wildman–Crippen LogP) is 5.39. The van der Waals surface area contributed by atoms with Gasteiger partial charge in [-0.2, -0.15) is 0 Å². The minimum absolute atomic E-state index is 0.259. The van der Waals surface area contributed by atoms with E-state index in [1.807, 2.05) is 24.3 Å². The number of methoxy groups -OCH3 is 1. The van der Waals surface area contributed by atoms with Crippen molar-refractivity contribution in [3.8, 4) is 5.75 Å². The molecule has 3 aromatic rings. The molecule has 5 nitrogen and oxygen atoms in total. The number of anilines is 3. The van der Waals surface area contributed by atoms with E-state index in [0.717, 1.165) is 17.1 Å². The molecule has 0 spiro atoms. The summed E-state index contributed by atoms with van der Waals surface area (Å²) in [7, 11) is 1.61. The average Bonchev–Trinajstić information content (AvgIpc) is 2.65. The monoisotopic (exact) mass is 387 g/mol. The number of nitrogens with one attached hydrogen (secondary N) is 2. The quantitative estimate of drug-likeness (QED) is 0.615. The molecule has 3 rings (SSSR count). The van der Waals surface area contributed by atoms with Gasteiger partial charge in [0.1, 0.15) is 11.4 Å². The highest BCUT2D eigenvalue weighted by Crippen LogP contribution is 2.26. The molecule has 0 atom stereocenters. The molecule has 2 aromatic carbocycles. The van der Waals surface area contributed by atoms with Gasteiger partial charge in [0.05, 0.1) is 17.8 Å². The second kappa shape index (κ2) is 8.08. The normalized spacial score (nSPS) is 10.3. The van der Waals surface area contributed by atoms with Gasteiger partial charge in [-0.05, 0) is 54.6 Å². The van der Waals surface area contributed by atoms with E-state index in [1.54, 1.807) is 43.6 Å². The van der Waals surface area contributed by atoms with Gasteiger partial charge in [-0.25, -0.2) is 0 Å². The molecule has 0 bridgehead atoms. The first-order valence-corrected chi connectivity index (χ1v) is 8.44. The third kappa shape index (κ3) is 4.45. The molecule has 7 heteroatoms. The summed E-state index contributed by atoms with van der Waals surface area (Å²) in [5, 5.41) is 6.79. The van der Waals surface area contributed by atoms with E-state index in [2.05, 4.69) is 15.6 Å². The summed E-state index contributed by atoms with van der Waals surface area (Å²) in [4.78, 5) is 16.5. The molecule has 0 saturated heterocycles. The number of ether oxygens (including phenoxy) is 1. The summed E-state index contributed by atoms with van der Waals surface area (Å²) < 4.78 is 5.13. The number of carbonyl (C=O) groups excluding carboxylic acids is 1. The maximum absolute atomic E-state index is 12.4. The molecule has 132 valence electrons. The zero-order chi connectivity index (χ0) is 18.5. The standard InChI is InChI=1S/C19H15Cl2N3O2/c1-26-15-5-3-13(4-6-15)23-14-8-9-22-18(11-14)19(25)24-17-7-2-12(20)10-16(17)21/h2-11H,1H3,(H,22,23)(H,24,25). The zero-order valence-corrected chi connectivity index (χ0v) is 15.3. The number of nitrogens with zero attached hydrogens (tertiary/aromatic N) is 1. The fourth-order valence-electron chi connectivity index (χ4n) is 2.25. The van der Waals surface area contributed by atoms with Gasteiger partial charge in [0.2, 0.25) is 0 Å². The van der Waals surface area contributed by atoms with Crippen LogP contribution in [-0.2, 0) is 0 Å². The Morgan fingerprint density at radius 1 is 1.00 bits per heavy atom. The molecular formula is C19H15Cl2N3O2. The van der Waals surface area contributed by atoms with Crippen LogP contribution < -0.4 is 15.4 Å². The minimum Gasteiger partial charge on any atom is -0.497 e. The lowest BCUT2D eigenvalue weighted by atomic mass is 10.2. The Morgan fingerprint density at radius 2 is 1.77 bits per heavy atom. The first-order valence-electron chi connectivity index (χ1n) is 7.69. The topological polar surface area (TPSA) is 63.2 Å².